The molecule has 0 bridgehead atoms. The molecule has 0 fully saturated rings. The van der Waals surface area contributed by atoms with Crippen LogP contribution < -0.4 is 4.74 Å². The summed E-state index contributed by atoms with van der Waals surface area (Å²) in [4.78, 5) is 1.30. The molecule has 1 nitrogen and oxygen atoms in total. The number of benzene rings is 2. The van der Waals surface area contributed by atoms with Crippen LogP contribution in [0.25, 0.3) is 0 Å². The monoisotopic (exact) mass is 296 g/mol. The average Bonchev–Trinajstić information content (AvgIpc) is 2.81. The van der Waals surface area contributed by atoms with E-state index in [9.17, 15) is 0 Å². The minimum Gasteiger partial charge on any atom is -0.483 e. The predicted octanol–water partition coefficient (Wildman–Crippen LogP) is 5.13. The topological polar surface area (TPSA) is 9.23 Å². The molecule has 1 aliphatic heterocycles. The lowest BCUT2D eigenvalue weighted by atomic mass is 9.87. The largest absolute Gasteiger partial charge is 0.483 e. The minimum absolute atomic E-state index is 0.186. The zero-order chi connectivity index (χ0) is 14.6. The highest BCUT2D eigenvalue weighted by Crippen LogP contribution is 2.51. The van der Waals surface area contributed by atoms with E-state index in [1.807, 2.05) is 11.8 Å². The molecule has 2 heteroatoms. The molecule has 21 heavy (non-hydrogen) atoms. The van der Waals surface area contributed by atoms with E-state index >= 15 is 0 Å². The molecule has 0 N–H and O–H groups in total. The molecule has 0 aromatic heterocycles. The number of fused-ring (bicyclic) bond motifs is 4. The van der Waals surface area contributed by atoms with Gasteiger partial charge in [0.05, 0.1) is 10.1 Å². The molecular weight excluding hydrogens is 276 g/mol. The molecule has 0 unspecified atom stereocenters. The molecule has 108 valence electrons. The van der Waals surface area contributed by atoms with Gasteiger partial charge in [-0.25, -0.2) is 0 Å². The normalized spacial score (nSPS) is 23.0. The second-order valence-corrected chi connectivity index (χ2v) is 8.29. The van der Waals surface area contributed by atoms with E-state index in [0.29, 0.717) is 5.25 Å². The van der Waals surface area contributed by atoms with Crippen molar-refractivity contribution in [2.24, 2.45) is 0 Å². The highest BCUT2D eigenvalue weighted by Gasteiger charge is 2.38. The van der Waals surface area contributed by atoms with Crippen LogP contribution in [0.5, 0.6) is 5.75 Å². The summed E-state index contributed by atoms with van der Waals surface area (Å²) < 4.78 is 6.33. The Morgan fingerprint density at radius 1 is 1.10 bits per heavy atom. The Morgan fingerprint density at radius 2 is 1.90 bits per heavy atom. The summed E-state index contributed by atoms with van der Waals surface area (Å²) in [5.41, 5.74) is 4.39. The molecular formula is C19H20OS. The second kappa shape index (κ2) is 4.54. The van der Waals surface area contributed by atoms with Crippen molar-refractivity contribution in [2.45, 2.75) is 48.9 Å². The second-order valence-electron chi connectivity index (χ2n) is 7.01. The van der Waals surface area contributed by atoms with Gasteiger partial charge in [0, 0.05) is 0 Å². The molecule has 0 radical (unpaired) electrons. The van der Waals surface area contributed by atoms with Gasteiger partial charge in [0.25, 0.3) is 0 Å². The van der Waals surface area contributed by atoms with E-state index in [0.717, 1.165) is 12.2 Å². The minimum atomic E-state index is 0.186. The lowest BCUT2D eigenvalue weighted by Crippen LogP contribution is -2.21. The van der Waals surface area contributed by atoms with Gasteiger partial charge in [0.1, 0.15) is 11.9 Å². The Labute approximate surface area is 130 Å². The van der Waals surface area contributed by atoms with Crippen LogP contribution in [0.15, 0.2) is 47.4 Å². The number of hydrogen-bond donors (Lipinski definition) is 0. The molecule has 0 saturated carbocycles. The lowest BCUT2D eigenvalue weighted by Gasteiger charge is -2.30. The first-order valence-electron chi connectivity index (χ1n) is 7.58. The van der Waals surface area contributed by atoms with Crippen LogP contribution in [0.4, 0.5) is 0 Å². The Bertz CT molecular complexity index is 699. The van der Waals surface area contributed by atoms with E-state index in [4.69, 9.17) is 4.74 Å². The molecule has 2 aromatic carbocycles. The number of ether oxygens (including phenoxy) is 1. The van der Waals surface area contributed by atoms with Crippen LogP contribution >= 0.6 is 11.8 Å². The van der Waals surface area contributed by atoms with Crippen LogP contribution in [0.3, 0.4) is 0 Å². The first-order valence-corrected chi connectivity index (χ1v) is 8.46. The van der Waals surface area contributed by atoms with Gasteiger partial charge >= 0.3 is 0 Å². The summed E-state index contributed by atoms with van der Waals surface area (Å²) >= 11 is 1.99. The van der Waals surface area contributed by atoms with Crippen LogP contribution in [-0.4, -0.2) is 5.25 Å². The number of rotatable bonds is 0. The Hall–Kier alpha value is -1.41. The summed E-state index contributed by atoms with van der Waals surface area (Å²) in [6.07, 6.45) is 1.34. The van der Waals surface area contributed by atoms with Crippen molar-refractivity contribution >= 4 is 11.8 Å². The molecule has 4 rings (SSSR count). The van der Waals surface area contributed by atoms with Crippen molar-refractivity contribution in [3.8, 4) is 5.75 Å². The zero-order valence-corrected chi connectivity index (χ0v) is 13.5. The highest BCUT2D eigenvalue weighted by atomic mass is 32.2. The Kier molecular flexibility index (Phi) is 2.87. The SMILES string of the molecule is CC(C)(C)c1ccc2c(c1)S[C@H]1Cc3ccccc3[C@H]1O2. The average molecular weight is 296 g/mol. The van der Waals surface area contributed by atoms with Gasteiger partial charge in [0.15, 0.2) is 0 Å². The van der Waals surface area contributed by atoms with Crippen molar-refractivity contribution in [3.05, 3.63) is 59.2 Å². The van der Waals surface area contributed by atoms with E-state index < -0.39 is 0 Å². The molecule has 1 heterocycles. The number of thioether (sulfide) groups is 1. The standard InChI is InChI=1S/C19H20OS/c1-19(2,3)13-8-9-15-16(11-13)21-17-10-12-6-4-5-7-14(12)18(17)20-15/h4-9,11,17-18H,10H2,1-3H3/t17-,18+/m0/s1. The zero-order valence-electron chi connectivity index (χ0n) is 12.7. The first kappa shape index (κ1) is 13.3. The summed E-state index contributed by atoms with van der Waals surface area (Å²) in [5.74, 6) is 1.05. The predicted molar refractivity (Wildman–Crippen MR) is 88.3 cm³/mol. The van der Waals surface area contributed by atoms with E-state index in [2.05, 4.69) is 63.2 Å². The van der Waals surface area contributed by atoms with Gasteiger partial charge in [0.2, 0.25) is 0 Å². The van der Waals surface area contributed by atoms with Crippen LogP contribution in [-0.2, 0) is 11.8 Å². The molecule has 2 aromatic rings. The maximum Gasteiger partial charge on any atom is 0.137 e. The Balaban J connectivity index is 1.71. The third-order valence-corrected chi connectivity index (χ3v) is 5.75. The van der Waals surface area contributed by atoms with Crippen molar-refractivity contribution in [1.29, 1.82) is 0 Å². The summed E-state index contributed by atoms with van der Waals surface area (Å²) in [7, 11) is 0. The summed E-state index contributed by atoms with van der Waals surface area (Å²) in [6.45, 7) is 6.78. The van der Waals surface area contributed by atoms with Gasteiger partial charge in [-0.15, -0.1) is 11.8 Å². The van der Waals surface area contributed by atoms with Crippen LogP contribution in [0.2, 0.25) is 0 Å². The van der Waals surface area contributed by atoms with Gasteiger partial charge < -0.3 is 4.74 Å². The summed E-state index contributed by atoms with van der Waals surface area (Å²) in [6, 6.07) is 15.4. The molecule has 2 aliphatic rings. The van der Waals surface area contributed by atoms with Crippen molar-refractivity contribution < 1.29 is 4.74 Å². The van der Waals surface area contributed by atoms with Gasteiger partial charge in [-0.3, -0.25) is 0 Å². The molecule has 0 amide bonds. The third-order valence-electron chi connectivity index (χ3n) is 4.46. The van der Waals surface area contributed by atoms with Gasteiger partial charge in [-0.1, -0.05) is 51.1 Å². The lowest BCUT2D eigenvalue weighted by molar-refractivity contribution is 0.201. The Morgan fingerprint density at radius 3 is 2.71 bits per heavy atom. The fraction of sp³-hybridized carbons (Fsp3) is 0.368. The quantitative estimate of drug-likeness (QED) is 0.666. The fourth-order valence-electron chi connectivity index (χ4n) is 3.23. The highest BCUT2D eigenvalue weighted by molar-refractivity contribution is 8.00. The molecule has 2 atom stereocenters. The van der Waals surface area contributed by atoms with Gasteiger partial charge in [-0.05, 0) is 40.7 Å². The molecule has 1 aliphatic carbocycles. The van der Waals surface area contributed by atoms with Crippen molar-refractivity contribution in [2.75, 3.05) is 0 Å². The van der Waals surface area contributed by atoms with E-state index in [1.54, 1.807) is 0 Å². The maximum absolute atomic E-state index is 6.33. The third kappa shape index (κ3) is 2.17. The summed E-state index contributed by atoms with van der Waals surface area (Å²) in [5, 5.41) is 0.519. The van der Waals surface area contributed by atoms with Crippen molar-refractivity contribution in [1.82, 2.24) is 0 Å². The smallest absolute Gasteiger partial charge is 0.137 e. The molecule has 0 spiro atoms. The van der Waals surface area contributed by atoms with Crippen molar-refractivity contribution in [3.63, 3.8) is 0 Å². The van der Waals surface area contributed by atoms with Gasteiger partial charge in [-0.2, -0.15) is 0 Å². The fourth-order valence-corrected chi connectivity index (χ4v) is 4.57. The first-order chi connectivity index (χ1) is 10.0. The van der Waals surface area contributed by atoms with E-state index in [1.165, 1.54) is 21.6 Å². The van der Waals surface area contributed by atoms with Crippen LogP contribution in [0, 0.1) is 0 Å². The maximum atomic E-state index is 6.33. The number of hydrogen-bond acceptors (Lipinski definition) is 2. The van der Waals surface area contributed by atoms with Crippen LogP contribution in [0.1, 0.15) is 43.6 Å². The van der Waals surface area contributed by atoms with E-state index in [-0.39, 0.29) is 11.5 Å². The molecule has 0 saturated heterocycles.